The van der Waals surface area contributed by atoms with E-state index >= 15 is 0 Å². The van der Waals surface area contributed by atoms with Crippen molar-refractivity contribution in [2.24, 2.45) is 46.3 Å². The summed E-state index contributed by atoms with van der Waals surface area (Å²) >= 11 is 0. The summed E-state index contributed by atoms with van der Waals surface area (Å²) in [7, 11) is 0. The van der Waals surface area contributed by atoms with Gasteiger partial charge in [0.2, 0.25) is 5.91 Å². The highest BCUT2D eigenvalue weighted by Gasteiger charge is 2.69. The number of aliphatic hydroxyl groups is 7. The van der Waals surface area contributed by atoms with E-state index in [1.54, 1.807) is 13.0 Å². The Kier molecular flexibility index (Phi) is 16.3. The Morgan fingerprint density at radius 3 is 2.23 bits per heavy atom. The van der Waals surface area contributed by atoms with Crippen LogP contribution in [0.1, 0.15) is 105 Å². The van der Waals surface area contributed by atoms with Crippen molar-refractivity contribution in [3.8, 4) is 0 Å². The molecule has 5 aliphatic heterocycles. The van der Waals surface area contributed by atoms with Gasteiger partial charge in [-0.3, -0.25) is 4.79 Å². The van der Waals surface area contributed by atoms with Crippen molar-refractivity contribution >= 4 is 12.0 Å². The van der Waals surface area contributed by atoms with Crippen LogP contribution in [0.3, 0.4) is 0 Å². The molecule has 1 aromatic rings. The molecule has 26 atom stereocenters. The topological polar surface area (TPSA) is 254 Å². The van der Waals surface area contributed by atoms with Crippen molar-refractivity contribution < 1.29 is 83.2 Å². The third-order valence-corrected chi connectivity index (χ3v) is 19.6. The molecule has 18 heteroatoms. The van der Waals surface area contributed by atoms with Crippen molar-refractivity contribution in [2.75, 3.05) is 26.4 Å². The fraction of sp³-hybridized carbons (Fsp3) is 0.804. The molecule has 9 aliphatic rings. The van der Waals surface area contributed by atoms with Gasteiger partial charge in [0.15, 0.2) is 24.7 Å². The summed E-state index contributed by atoms with van der Waals surface area (Å²) in [6.07, 6.45) is -7.15. The van der Waals surface area contributed by atoms with E-state index in [0.717, 1.165) is 57.1 Å². The maximum atomic E-state index is 12.4. The minimum absolute atomic E-state index is 0.00864. The number of hydrogen-bond donors (Lipinski definition) is 8. The van der Waals surface area contributed by atoms with Gasteiger partial charge >= 0.3 is 0 Å². The van der Waals surface area contributed by atoms with Crippen LogP contribution in [0, 0.1) is 46.3 Å². The van der Waals surface area contributed by atoms with Crippen LogP contribution < -0.4 is 5.32 Å². The monoisotopic (exact) mass is 1040 g/mol. The van der Waals surface area contributed by atoms with Gasteiger partial charge in [-0.2, -0.15) is 0 Å². The second-order valence-corrected chi connectivity index (χ2v) is 23.9. The predicted molar refractivity (Wildman–Crippen MR) is 265 cm³/mol. The Bertz CT molecular complexity index is 2140. The zero-order chi connectivity index (χ0) is 52.4. The molecule has 5 heterocycles. The number of nitrogens with one attached hydrogen (secondary N) is 1. The van der Waals surface area contributed by atoms with Gasteiger partial charge in [-0.1, -0.05) is 69.7 Å². The zero-order valence-electron chi connectivity index (χ0n) is 43.8. The SMILES string of the molecule is C[C@@H]1CC[C@@]2(OC1)O[C@H]1C[C@H]3[C@@H]4CC=C5C[C@@H](O[C@@H]6O[C@H](CO)[C@@H](O[C@H]7O[C@H](C)[C@@H](OCCNC(=O)/C=C/c8ccccc8)[C@H](O)[C@@H]7O)[C@H](O)[C@H]6O[C@H]6O[C@H](C)[C@@H](O)[C@H](O)[C@@H]6O)CC[C@]5(C)[C@H]4CC[C@]3(C)[C@H]1[C@@H]2C. The Morgan fingerprint density at radius 2 is 1.50 bits per heavy atom. The fourth-order valence-electron chi connectivity index (χ4n) is 15.4. The molecular formula is C56H83NO17. The van der Waals surface area contributed by atoms with Crippen LogP contribution in [0.25, 0.3) is 6.08 Å². The molecule has 414 valence electrons. The van der Waals surface area contributed by atoms with Crippen LogP contribution in [-0.2, 0) is 47.4 Å². The summed E-state index contributed by atoms with van der Waals surface area (Å²) in [6, 6.07) is 9.36. The molecule has 18 nitrogen and oxygen atoms in total. The standard InChI is InChI=1S/C56H83NO17/c1-28-16-21-56(67-27-28)29(2)41-38(74-56)25-37-35-14-13-33-24-34(17-19-54(33,5)36(35)18-20-55(37,41)6)70-53-50(73-51-45(63)43(61)42(60)30(3)68-51)47(65)49(39(26-58)71-53)72-52-46(64)44(62)48(31(4)69-52)66-23-22-57-40(59)15-12-32-10-8-7-9-11-32/h7-13,15,28-31,34-39,41-53,58,60-65H,14,16-27H2,1-6H3,(H,57,59)/b15-12+/t28-,29+,30-,31-,34+,35-,36+,37+,38+,39-,41+,42-,43+,44-,45+,46+,47+,48-,49-,50-,51-,52-,53-,54+,55+,56-/m1/s1. The van der Waals surface area contributed by atoms with E-state index in [2.05, 4.69) is 39.1 Å². The van der Waals surface area contributed by atoms with Gasteiger partial charge in [0.1, 0.15) is 61.0 Å². The molecular weight excluding hydrogens is 959 g/mol. The lowest BCUT2D eigenvalue weighted by molar-refractivity contribution is -0.389. The summed E-state index contributed by atoms with van der Waals surface area (Å²) < 4.78 is 57.0. The molecule has 8 N–H and O–H groups in total. The first-order chi connectivity index (χ1) is 35.3. The molecule has 0 aromatic heterocycles. The first-order valence-electron chi connectivity index (χ1n) is 27.6. The lowest BCUT2D eigenvalue weighted by Gasteiger charge is -2.58. The summed E-state index contributed by atoms with van der Waals surface area (Å²) in [5, 5.41) is 80.8. The molecule has 1 aromatic carbocycles. The molecule has 0 bridgehead atoms. The molecule has 5 saturated heterocycles. The predicted octanol–water partition coefficient (Wildman–Crippen LogP) is 3.10. The first kappa shape index (κ1) is 54.9. The largest absolute Gasteiger partial charge is 0.394 e. The molecule has 3 saturated carbocycles. The van der Waals surface area contributed by atoms with E-state index in [9.17, 15) is 40.5 Å². The van der Waals surface area contributed by atoms with E-state index in [0.29, 0.717) is 48.3 Å². The number of hydrogen-bond acceptors (Lipinski definition) is 17. The summed E-state index contributed by atoms with van der Waals surface area (Å²) in [5.74, 6) is 2.21. The lowest BCUT2D eigenvalue weighted by atomic mass is 9.47. The van der Waals surface area contributed by atoms with Crippen molar-refractivity contribution in [1.82, 2.24) is 5.32 Å². The Balaban J connectivity index is 0.797. The molecule has 0 radical (unpaired) electrons. The lowest BCUT2D eigenvalue weighted by Crippen LogP contribution is -2.66. The van der Waals surface area contributed by atoms with Gasteiger partial charge in [0, 0.05) is 25.0 Å². The van der Waals surface area contributed by atoms with Gasteiger partial charge in [-0.25, -0.2) is 0 Å². The zero-order valence-corrected chi connectivity index (χ0v) is 43.8. The minimum Gasteiger partial charge on any atom is -0.394 e. The Labute approximate surface area is 435 Å². The second-order valence-electron chi connectivity index (χ2n) is 23.9. The number of allylic oxidation sites excluding steroid dienone is 1. The van der Waals surface area contributed by atoms with E-state index in [-0.39, 0.29) is 42.1 Å². The molecule has 8 fully saturated rings. The van der Waals surface area contributed by atoms with Crippen molar-refractivity contribution in [3.63, 3.8) is 0 Å². The van der Waals surface area contributed by atoms with E-state index < -0.39 is 105 Å². The molecule has 1 amide bonds. The maximum absolute atomic E-state index is 12.4. The second kappa shape index (κ2) is 22.0. The highest BCUT2D eigenvalue weighted by molar-refractivity contribution is 5.91. The molecule has 0 unspecified atom stereocenters. The van der Waals surface area contributed by atoms with Crippen LogP contribution in [-0.4, -0.2) is 178 Å². The number of fused-ring (bicyclic) bond motifs is 7. The number of aliphatic hydroxyl groups excluding tert-OH is 7. The van der Waals surface area contributed by atoms with Gasteiger partial charge in [-0.15, -0.1) is 0 Å². The van der Waals surface area contributed by atoms with Crippen LogP contribution in [0.15, 0.2) is 48.1 Å². The quantitative estimate of drug-likeness (QED) is 0.0803. The highest BCUT2D eigenvalue weighted by atomic mass is 16.8. The fourth-order valence-corrected chi connectivity index (χ4v) is 15.4. The van der Waals surface area contributed by atoms with Gasteiger partial charge in [-0.05, 0) is 117 Å². The molecule has 10 rings (SSSR count). The Hall–Kier alpha value is -2.47. The molecule has 4 aliphatic carbocycles. The summed E-state index contributed by atoms with van der Waals surface area (Å²) in [5.41, 5.74) is 2.35. The van der Waals surface area contributed by atoms with Gasteiger partial charge < -0.3 is 83.7 Å². The first-order valence-corrected chi connectivity index (χ1v) is 27.6. The number of benzene rings is 1. The third-order valence-electron chi connectivity index (χ3n) is 19.6. The average Bonchev–Trinajstić information content (AvgIpc) is 3.88. The number of ether oxygens (including phenoxy) is 9. The van der Waals surface area contributed by atoms with Crippen LogP contribution in [0.4, 0.5) is 0 Å². The van der Waals surface area contributed by atoms with Gasteiger partial charge in [0.25, 0.3) is 0 Å². The smallest absolute Gasteiger partial charge is 0.244 e. The summed E-state index contributed by atoms with van der Waals surface area (Å²) in [4.78, 5) is 12.4. The van der Waals surface area contributed by atoms with Crippen molar-refractivity contribution in [1.29, 1.82) is 0 Å². The maximum Gasteiger partial charge on any atom is 0.244 e. The van der Waals surface area contributed by atoms with Crippen molar-refractivity contribution in [2.45, 2.75) is 209 Å². The molecule has 74 heavy (non-hydrogen) atoms. The van der Waals surface area contributed by atoms with E-state index in [4.69, 9.17) is 42.6 Å². The number of carbonyl (C=O) groups is 1. The van der Waals surface area contributed by atoms with E-state index in [1.165, 1.54) is 18.6 Å². The normalized spacial score (nSPS) is 50.2. The number of amides is 1. The average molecular weight is 1040 g/mol. The van der Waals surface area contributed by atoms with Gasteiger partial charge in [0.05, 0.1) is 44.2 Å². The number of rotatable bonds is 13. The summed E-state index contributed by atoms with van der Waals surface area (Å²) in [6.45, 7) is 13.0. The molecule has 1 spiro atoms. The van der Waals surface area contributed by atoms with Crippen molar-refractivity contribution in [3.05, 3.63) is 53.6 Å². The Morgan fingerprint density at radius 1 is 0.770 bits per heavy atom. The third kappa shape index (κ3) is 10.1. The van der Waals surface area contributed by atoms with Crippen LogP contribution in [0.2, 0.25) is 0 Å². The van der Waals surface area contributed by atoms with E-state index in [1.807, 2.05) is 30.3 Å². The number of carbonyl (C=O) groups excluding carboxylic acids is 1. The van der Waals surface area contributed by atoms with Crippen LogP contribution >= 0.6 is 0 Å². The highest BCUT2D eigenvalue weighted by Crippen LogP contribution is 2.70. The van der Waals surface area contributed by atoms with Crippen LogP contribution in [0.5, 0.6) is 0 Å². The minimum atomic E-state index is -1.73.